The van der Waals surface area contributed by atoms with E-state index in [-0.39, 0.29) is 23.2 Å². The summed E-state index contributed by atoms with van der Waals surface area (Å²) in [4.78, 5) is 31.3. The van der Waals surface area contributed by atoms with Gasteiger partial charge in [-0.3, -0.25) is 9.59 Å². The van der Waals surface area contributed by atoms with Crippen molar-refractivity contribution in [3.63, 3.8) is 0 Å². The highest BCUT2D eigenvalue weighted by atomic mass is 16.2. The van der Waals surface area contributed by atoms with E-state index in [1.165, 1.54) is 0 Å². The van der Waals surface area contributed by atoms with Gasteiger partial charge in [0.1, 0.15) is 11.4 Å². The van der Waals surface area contributed by atoms with E-state index in [2.05, 4.69) is 10.3 Å². The Morgan fingerprint density at radius 2 is 1.63 bits per heavy atom. The minimum absolute atomic E-state index is 0.200. The summed E-state index contributed by atoms with van der Waals surface area (Å²) in [5.74, 6) is -0.591. The smallest absolute Gasteiger partial charge is 0.276 e. The van der Waals surface area contributed by atoms with E-state index in [0.717, 1.165) is 11.3 Å². The maximum atomic E-state index is 12.9. The third-order valence-corrected chi connectivity index (χ3v) is 4.11. The zero-order chi connectivity index (χ0) is 19.2. The number of benzene rings is 2. The molecule has 3 aromatic rings. The molecule has 1 heterocycles. The van der Waals surface area contributed by atoms with Gasteiger partial charge >= 0.3 is 0 Å². The van der Waals surface area contributed by atoms with Gasteiger partial charge in [0, 0.05) is 17.9 Å². The Morgan fingerprint density at radius 1 is 0.926 bits per heavy atom. The molecule has 27 heavy (non-hydrogen) atoms. The summed E-state index contributed by atoms with van der Waals surface area (Å²) in [7, 11) is 0. The molecular formula is C22H21N3O2. The first-order valence-corrected chi connectivity index (χ1v) is 8.80. The lowest BCUT2D eigenvalue weighted by atomic mass is 10.2. The molecule has 2 amide bonds. The highest BCUT2D eigenvalue weighted by molar-refractivity contribution is 6.07. The minimum Gasteiger partial charge on any atom is -0.321 e. The molecule has 5 nitrogen and oxygen atoms in total. The number of pyridine rings is 1. The first-order chi connectivity index (χ1) is 13.1. The predicted molar refractivity (Wildman–Crippen MR) is 107 cm³/mol. The van der Waals surface area contributed by atoms with Gasteiger partial charge in [0.2, 0.25) is 0 Å². The standard InChI is InChI=1S/C22H21N3O2/c1-3-25(18-11-5-4-6-12-18)22(27)20-14-8-13-19(24-20)21(26)23-17-10-7-9-16(2)15-17/h4-15H,3H2,1-2H3,(H,23,26). The first-order valence-electron chi connectivity index (χ1n) is 8.80. The van der Waals surface area contributed by atoms with Crippen LogP contribution in [-0.4, -0.2) is 23.3 Å². The number of carbonyl (C=O) groups excluding carboxylic acids is 2. The topological polar surface area (TPSA) is 62.3 Å². The van der Waals surface area contributed by atoms with Gasteiger partial charge in [0.15, 0.2) is 0 Å². The van der Waals surface area contributed by atoms with E-state index in [1.807, 2.05) is 68.4 Å². The lowest BCUT2D eigenvalue weighted by Gasteiger charge is -2.20. The molecule has 0 unspecified atom stereocenters. The highest BCUT2D eigenvalue weighted by Crippen LogP contribution is 2.16. The van der Waals surface area contributed by atoms with E-state index < -0.39 is 0 Å². The lowest BCUT2D eigenvalue weighted by Crippen LogP contribution is -2.31. The molecule has 3 rings (SSSR count). The molecule has 0 saturated heterocycles. The summed E-state index contributed by atoms with van der Waals surface area (Å²) in [6, 6.07) is 21.8. The van der Waals surface area contributed by atoms with E-state index in [0.29, 0.717) is 12.2 Å². The molecule has 0 spiro atoms. The first kappa shape index (κ1) is 18.3. The monoisotopic (exact) mass is 359 g/mol. The molecule has 0 aliphatic heterocycles. The van der Waals surface area contributed by atoms with Crippen molar-refractivity contribution >= 4 is 23.2 Å². The molecular weight excluding hydrogens is 338 g/mol. The molecule has 0 aliphatic carbocycles. The summed E-state index contributed by atoms with van der Waals surface area (Å²) in [5, 5.41) is 2.81. The van der Waals surface area contributed by atoms with Gasteiger partial charge < -0.3 is 10.2 Å². The maximum Gasteiger partial charge on any atom is 0.276 e. The van der Waals surface area contributed by atoms with Crippen LogP contribution in [0.25, 0.3) is 0 Å². The largest absolute Gasteiger partial charge is 0.321 e. The fraction of sp³-hybridized carbons (Fsp3) is 0.136. The molecule has 0 fully saturated rings. The number of aromatic nitrogens is 1. The van der Waals surface area contributed by atoms with Gasteiger partial charge in [0.05, 0.1) is 0 Å². The molecule has 2 aromatic carbocycles. The fourth-order valence-electron chi connectivity index (χ4n) is 2.79. The zero-order valence-electron chi connectivity index (χ0n) is 15.3. The van der Waals surface area contributed by atoms with Crippen molar-refractivity contribution in [3.8, 4) is 0 Å². The Kier molecular flexibility index (Phi) is 5.61. The number of hydrogen-bond donors (Lipinski definition) is 1. The molecule has 136 valence electrons. The summed E-state index contributed by atoms with van der Waals surface area (Å²) >= 11 is 0. The normalized spacial score (nSPS) is 10.3. The van der Waals surface area contributed by atoms with Gasteiger partial charge in [-0.15, -0.1) is 0 Å². The summed E-state index contributed by atoms with van der Waals surface area (Å²) in [6.07, 6.45) is 0. The third kappa shape index (κ3) is 4.39. The Balaban J connectivity index is 1.82. The van der Waals surface area contributed by atoms with Gasteiger partial charge in [-0.05, 0) is 55.8 Å². The van der Waals surface area contributed by atoms with Crippen molar-refractivity contribution in [1.29, 1.82) is 0 Å². The number of anilines is 2. The molecule has 1 N–H and O–H groups in total. The zero-order valence-corrected chi connectivity index (χ0v) is 15.3. The van der Waals surface area contributed by atoms with Crippen molar-refractivity contribution in [2.75, 3.05) is 16.8 Å². The molecule has 1 aromatic heterocycles. The van der Waals surface area contributed by atoms with Crippen LogP contribution in [0.15, 0.2) is 72.8 Å². The van der Waals surface area contributed by atoms with Gasteiger partial charge in [-0.2, -0.15) is 0 Å². The number of aryl methyl sites for hydroxylation is 1. The van der Waals surface area contributed by atoms with Crippen LogP contribution in [0.5, 0.6) is 0 Å². The quantitative estimate of drug-likeness (QED) is 0.738. The van der Waals surface area contributed by atoms with Crippen LogP contribution in [0.2, 0.25) is 0 Å². The van der Waals surface area contributed by atoms with E-state index in [9.17, 15) is 9.59 Å². The van der Waals surface area contributed by atoms with Gasteiger partial charge in [-0.1, -0.05) is 36.4 Å². The van der Waals surface area contributed by atoms with Crippen LogP contribution in [0.1, 0.15) is 33.5 Å². The van der Waals surface area contributed by atoms with Crippen LogP contribution in [0.4, 0.5) is 11.4 Å². The molecule has 0 saturated carbocycles. The number of amides is 2. The Bertz CT molecular complexity index is 955. The second kappa shape index (κ2) is 8.27. The summed E-state index contributed by atoms with van der Waals surface area (Å²) in [6.45, 7) is 4.36. The van der Waals surface area contributed by atoms with E-state index in [1.54, 1.807) is 23.1 Å². The maximum absolute atomic E-state index is 12.9. The van der Waals surface area contributed by atoms with Crippen molar-refractivity contribution in [2.24, 2.45) is 0 Å². The van der Waals surface area contributed by atoms with Crippen molar-refractivity contribution in [2.45, 2.75) is 13.8 Å². The average molecular weight is 359 g/mol. The number of carbonyl (C=O) groups is 2. The van der Waals surface area contributed by atoms with Crippen molar-refractivity contribution in [3.05, 3.63) is 89.7 Å². The van der Waals surface area contributed by atoms with E-state index >= 15 is 0 Å². The summed E-state index contributed by atoms with van der Waals surface area (Å²) < 4.78 is 0. The van der Waals surface area contributed by atoms with Crippen LogP contribution in [-0.2, 0) is 0 Å². The number of hydrogen-bond acceptors (Lipinski definition) is 3. The molecule has 5 heteroatoms. The fourth-order valence-corrected chi connectivity index (χ4v) is 2.79. The SMILES string of the molecule is CCN(C(=O)c1cccc(C(=O)Nc2cccc(C)c2)n1)c1ccccc1. The summed E-state index contributed by atoms with van der Waals surface area (Å²) in [5.41, 5.74) is 2.97. The predicted octanol–water partition coefficient (Wildman–Crippen LogP) is 4.31. The number of nitrogens with one attached hydrogen (secondary N) is 1. The van der Waals surface area contributed by atoms with Crippen molar-refractivity contribution in [1.82, 2.24) is 4.98 Å². The highest BCUT2D eigenvalue weighted by Gasteiger charge is 2.19. The minimum atomic E-state index is -0.349. The number of nitrogens with zero attached hydrogens (tertiary/aromatic N) is 2. The Labute approximate surface area is 158 Å². The van der Waals surface area contributed by atoms with Crippen LogP contribution in [0, 0.1) is 6.92 Å². The molecule has 0 bridgehead atoms. The average Bonchev–Trinajstić information content (AvgIpc) is 2.69. The number of rotatable bonds is 5. The molecule has 0 aliphatic rings. The van der Waals surface area contributed by atoms with Crippen LogP contribution < -0.4 is 10.2 Å². The third-order valence-electron chi connectivity index (χ3n) is 4.11. The molecule has 0 atom stereocenters. The van der Waals surface area contributed by atoms with Crippen molar-refractivity contribution < 1.29 is 9.59 Å². The second-order valence-corrected chi connectivity index (χ2v) is 6.12. The lowest BCUT2D eigenvalue weighted by molar-refractivity contribution is 0.0983. The van der Waals surface area contributed by atoms with Crippen LogP contribution in [0.3, 0.4) is 0 Å². The van der Waals surface area contributed by atoms with E-state index in [4.69, 9.17) is 0 Å². The van der Waals surface area contributed by atoms with Crippen LogP contribution >= 0.6 is 0 Å². The molecule has 0 radical (unpaired) electrons. The number of para-hydroxylation sites is 1. The second-order valence-electron chi connectivity index (χ2n) is 6.12. The Morgan fingerprint density at radius 3 is 2.33 bits per heavy atom. The van der Waals surface area contributed by atoms with Gasteiger partial charge in [-0.25, -0.2) is 4.98 Å². The van der Waals surface area contributed by atoms with Gasteiger partial charge in [0.25, 0.3) is 11.8 Å². The Hall–Kier alpha value is -3.47.